The van der Waals surface area contributed by atoms with Gasteiger partial charge in [0.2, 0.25) is 11.6 Å². The predicted molar refractivity (Wildman–Crippen MR) is 73.4 cm³/mol. The quantitative estimate of drug-likeness (QED) is 0.300. The van der Waals surface area contributed by atoms with Gasteiger partial charge in [-0.15, -0.1) is 0 Å². The molecule has 1 aromatic carbocycles. The molecule has 1 N–H and O–H groups in total. The highest BCUT2D eigenvalue weighted by molar-refractivity contribution is 7.07. The van der Waals surface area contributed by atoms with Crippen LogP contribution < -0.4 is 4.87 Å². The fourth-order valence-corrected chi connectivity index (χ4v) is 2.46. The van der Waals surface area contributed by atoms with Crippen LogP contribution in [0.4, 0.5) is 0 Å². The number of aromatic nitrogens is 1. The summed E-state index contributed by atoms with van der Waals surface area (Å²) in [6.45, 7) is 3.53. The van der Waals surface area contributed by atoms with E-state index in [0.717, 1.165) is 21.5 Å². The first-order valence-electron chi connectivity index (χ1n) is 5.55. The number of carbonyl (C=O) groups excluding carboxylic acids is 1. The van der Waals surface area contributed by atoms with Crippen LogP contribution in [0, 0.1) is 13.8 Å². The van der Waals surface area contributed by atoms with Gasteiger partial charge in [0.05, 0.1) is 0 Å². The van der Waals surface area contributed by atoms with Crippen molar-refractivity contribution in [3.05, 3.63) is 56.1 Å². The van der Waals surface area contributed by atoms with E-state index in [1.807, 2.05) is 13.0 Å². The molecule has 0 saturated heterocycles. The summed E-state index contributed by atoms with van der Waals surface area (Å²) in [6, 6.07) is 6.89. The molecule has 5 nitrogen and oxygen atoms in total. The summed E-state index contributed by atoms with van der Waals surface area (Å²) in [5, 5.41) is 13.7. The number of rotatable bonds is 2. The van der Waals surface area contributed by atoms with E-state index in [1.165, 1.54) is 0 Å². The van der Waals surface area contributed by atoms with Crippen LogP contribution in [-0.4, -0.2) is 21.4 Å². The average Bonchev–Trinajstić information content (AvgIpc) is 2.71. The van der Waals surface area contributed by atoms with Crippen LogP contribution in [0.15, 0.2) is 39.6 Å². The van der Waals surface area contributed by atoms with Gasteiger partial charge in [0.25, 0.3) is 0 Å². The van der Waals surface area contributed by atoms with Gasteiger partial charge >= 0.3 is 4.87 Å². The Labute approximate surface area is 113 Å². The van der Waals surface area contributed by atoms with Crippen LogP contribution in [0.25, 0.3) is 0 Å². The Hall–Kier alpha value is -2.21. The second-order valence-corrected chi connectivity index (χ2v) is 4.92. The van der Waals surface area contributed by atoms with Crippen LogP contribution >= 0.6 is 11.3 Å². The minimum Gasteiger partial charge on any atom is -0.409 e. The molecule has 0 unspecified atom stereocenters. The van der Waals surface area contributed by atoms with Gasteiger partial charge in [-0.25, -0.2) is 4.57 Å². The Bertz CT molecular complexity index is 713. The smallest absolute Gasteiger partial charge is 0.313 e. The molecular formula is C13H12N2O3S. The minimum atomic E-state index is -0.491. The van der Waals surface area contributed by atoms with E-state index in [4.69, 9.17) is 5.21 Å². The van der Waals surface area contributed by atoms with Crippen LogP contribution in [0.1, 0.15) is 21.6 Å². The summed E-state index contributed by atoms with van der Waals surface area (Å²) in [5.74, 6) is -0.774. The number of hydrogen-bond donors (Lipinski definition) is 1. The van der Waals surface area contributed by atoms with E-state index in [2.05, 4.69) is 5.16 Å². The largest absolute Gasteiger partial charge is 0.409 e. The van der Waals surface area contributed by atoms with Crippen molar-refractivity contribution in [1.82, 2.24) is 4.57 Å². The molecule has 1 heterocycles. The lowest BCUT2D eigenvalue weighted by Gasteiger charge is -2.06. The van der Waals surface area contributed by atoms with Crippen molar-refractivity contribution < 1.29 is 10.0 Å². The van der Waals surface area contributed by atoms with Crippen molar-refractivity contribution in [1.29, 1.82) is 0 Å². The summed E-state index contributed by atoms with van der Waals surface area (Å²) < 4.78 is 1.11. The number of aryl methyl sites for hydroxylation is 2. The zero-order chi connectivity index (χ0) is 14.0. The van der Waals surface area contributed by atoms with Gasteiger partial charge in [-0.3, -0.25) is 9.59 Å². The monoisotopic (exact) mass is 276 g/mol. The zero-order valence-corrected chi connectivity index (χ0v) is 11.3. The van der Waals surface area contributed by atoms with E-state index >= 15 is 0 Å². The molecule has 98 valence electrons. The van der Waals surface area contributed by atoms with E-state index in [0.29, 0.717) is 11.3 Å². The molecule has 0 aliphatic heterocycles. The van der Waals surface area contributed by atoms with Crippen LogP contribution in [0.3, 0.4) is 0 Å². The maximum Gasteiger partial charge on any atom is 0.313 e. The minimum absolute atomic E-state index is 0.283. The van der Waals surface area contributed by atoms with Crippen molar-refractivity contribution in [3.63, 3.8) is 0 Å². The standard InChI is InChI=1S/C13H12N2O3S/c1-8-4-3-5-10(6-8)11(16)12(14-18)15-9(2)7-19-13(15)17/h3-7,18H,1-2H3/b14-12-. The number of Topliss-reactive ketones (excluding diaryl/α,β-unsaturated/α-hetero) is 1. The highest BCUT2D eigenvalue weighted by Crippen LogP contribution is 2.08. The Kier molecular flexibility index (Phi) is 3.62. The summed E-state index contributed by atoms with van der Waals surface area (Å²) >= 11 is 0.954. The highest BCUT2D eigenvalue weighted by Gasteiger charge is 2.20. The lowest BCUT2D eigenvalue weighted by molar-refractivity contribution is 0.105. The van der Waals surface area contributed by atoms with E-state index in [-0.39, 0.29) is 10.7 Å². The van der Waals surface area contributed by atoms with Gasteiger partial charge in [-0.05, 0) is 19.9 Å². The first-order valence-corrected chi connectivity index (χ1v) is 6.43. The molecule has 0 fully saturated rings. The summed E-state index contributed by atoms with van der Waals surface area (Å²) in [6.07, 6.45) is 0. The highest BCUT2D eigenvalue weighted by atomic mass is 32.1. The zero-order valence-electron chi connectivity index (χ0n) is 10.5. The van der Waals surface area contributed by atoms with E-state index in [9.17, 15) is 9.59 Å². The first kappa shape index (κ1) is 13.2. The van der Waals surface area contributed by atoms with Gasteiger partial charge < -0.3 is 5.21 Å². The molecule has 0 atom stereocenters. The second-order valence-electron chi connectivity index (χ2n) is 4.10. The van der Waals surface area contributed by atoms with Crippen LogP contribution in [0.2, 0.25) is 0 Å². The van der Waals surface area contributed by atoms with Crippen molar-refractivity contribution in [2.75, 3.05) is 0 Å². The molecule has 19 heavy (non-hydrogen) atoms. The van der Waals surface area contributed by atoms with Gasteiger partial charge in [-0.1, -0.05) is 40.3 Å². The first-order chi connectivity index (χ1) is 9.04. The second kappa shape index (κ2) is 5.19. The number of ketones is 1. The molecule has 0 bridgehead atoms. The van der Waals surface area contributed by atoms with Crippen molar-refractivity contribution in [2.45, 2.75) is 13.8 Å². The molecule has 0 amide bonds. The molecular weight excluding hydrogens is 264 g/mol. The van der Waals surface area contributed by atoms with Crippen LogP contribution in [0.5, 0.6) is 0 Å². The lowest BCUT2D eigenvalue weighted by Crippen LogP contribution is -2.31. The number of thiazole rings is 1. The molecule has 6 heteroatoms. The van der Waals surface area contributed by atoms with Gasteiger partial charge in [-0.2, -0.15) is 0 Å². The number of hydrogen-bond acceptors (Lipinski definition) is 5. The molecule has 0 aliphatic rings. The third kappa shape index (κ3) is 2.48. The molecule has 0 saturated carbocycles. The predicted octanol–water partition coefficient (Wildman–Crippen LogP) is 2.05. The molecule has 2 rings (SSSR count). The fourth-order valence-electron chi connectivity index (χ4n) is 1.75. The summed E-state index contributed by atoms with van der Waals surface area (Å²) in [4.78, 5) is 23.6. The Morgan fingerprint density at radius 1 is 1.37 bits per heavy atom. The van der Waals surface area contributed by atoms with Gasteiger partial charge in [0, 0.05) is 16.6 Å². The molecule has 0 spiro atoms. The maximum atomic E-state index is 12.3. The number of benzene rings is 1. The molecule has 1 aromatic heterocycles. The fraction of sp³-hybridized carbons (Fsp3) is 0.154. The topological polar surface area (TPSA) is 71.7 Å². The average molecular weight is 276 g/mol. The Balaban J connectivity index is 2.51. The summed E-state index contributed by atoms with van der Waals surface area (Å²) in [7, 11) is 0. The maximum absolute atomic E-state index is 12.3. The van der Waals surface area contributed by atoms with Gasteiger partial charge in [0.15, 0.2) is 0 Å². The summed E-state index contributed by atoms with van der Waals surface area (Å²) in [5.41, 5.74) is 1.85. The molecule has 0 aliphatic carbocycles. The third-order valence-corrected chi connectivity index (χ3v) is 3.50. The lowest BCUT2D eigenvalue weighted by atomic mass is 10.1. The Morgan fingerprint density at radius 2 is 2.11 bits per heavy atom. The van der Waals surface area contributed by atoms with Crippen LogP contribution in [-0.2, 0) is 0 Å². The van der Waals surface area contributed by atoms with E-state index in [1.54, 1.807) is 30.5 Å². The third-order valence-electron chi connectivity index (χ3n) is 2.66. The normalized spacial score (nSPS) is 11.6. The van der Waals surface area contributed by atoms with Crippen molar-refractivity contribution in [3.8, 4) is 0 Å². The van der Waals surface area contributed by atoms with Crippen molar-refractivity contribution >= 4 is 23.0 Å². The molecule has 0 radical (unpaired) electrons. The van der Waals surface area contributed by atoms with Crippen molar-refractivity contribution in [2.24, 2.45) is 5.16 Å². The number of oxime groups is 1. The Morgan fingerprint density at radius 3 is 2.63 bits per heavy atom. The SMILES string of the molecule is Cc1cccc(C(=O)/C(=N/O)n2c(C)csc2=O)c1. The molecule has 2 aromatic rings. The van der Waals surface area contributed by atoms with Gasteiger partial charge in [0.1, 0.15) is 0 Å². The number of nitrogens with zero attached hydrogens (tertiary/aromatic N) is 2. The van der Waals surface area contributed by atoms with E-state index < -0.39 is 5.78 Å². The number of carbonyl (C=O) groups is 1.